The van der Waals surface area contributed by atoms with Crippen LogP contribution < -0.4 is 5.32 Å². The summed E-state index contributed by atoms with van der Waals surface area (Å²) in [5.41, 5.74) is 2.31. The van der Waals surface area contributed by atoms with Gasteiger partial charge in [0.1, 0.15) is 5.82 Å². The molecule has 1 saturated heterocycles. The largest absolute Gasteiger partial charge is 0.314 e. The molecule has 3 rings (SSSR count). The number of piperazine rings is 1. The van der Waals surface area contributed by atoms with E-state index in [1.807, 2.05) is 0 Å². The summed E-state index contributed by atoms with van der Waals surface area (Å²) in [6.07, 6.45) is 0. The summed E-state index contributed by atoms with van der Waals surface area (Å²) in [6.45, 7) is 7.18. The summed E-state index contributed by atoms with van der Waals surface area (Å²) in [5.74, 6) is 1.72. The van der Waals surface area contributed by atoms with Crippen LogP contribution in [-0.4, -0.2) is 46.3 Å². The van der Waals surface area contributed by atoms with Gasteiger partial charge in [0.25, 0.3) is 0 Å². The maximum Gasteiger partial charge on any atom is 0.181 e. The van der Waals surface area contributed by atoms with Gasteiger partial charge in [0.2, 0.25) is 0 Å². The van der Waals surface area contributed by atoms with Crippen molar-refractivity contribution in [1.29, 1.82) is 0 Å². The van der Waals surface area contributed by atoms with Gasteiger partial charge in [-0.05, 0) is 6.92 Å². The van der Waals surface area contributed by atoms with E-state index < -0.39 is 0 Å². The minimum atomic E-state index is 0.783. The highest BCUT2D eigenvalue weighted by atomic mass is 15.3. The lowest BCUT2D eigenvalue weighted by Crippen LogP contribution is -2.43. The van der Waals surface area contributed by atoms with Gasteiger partial charge in [-0.15, -0.1) is 0 Å². The van der Waals surface area contributed by atoms with Gasteiger partial charge in [0.15, 0.2) is 5.82 Å². The third-order valence-electron chi connectivity index (χ3n) is 3.42. The molecule has 5 nitrogen and oxygen atoms in total. The van der Waals surface area contributed by atoms with E-state index in [4.69, 9.17) is 0 Å². The molecular formula is C14H19N5. The van der Waals surface area contributed by atoms with Crippen molar-refractivity contribution in [3.05, 3.63) is 35.7 Å². The predicted octanol–water partition coefficient (Wildman–Crippen LogP) is 1.19. The summed E-state index contributed by atoms with van der Waals surface area (Å²) < 4.78 is 0. The van der Waals surface area contributed by atoms with E-state index in [2.05, 4.69) is 56.6 Å². The minimum absolute atomic E-state index is 0.783. The highest BCUT2D eigenvalue weighted by Gasteiger charge is 2.12. The van der Waals surface area contributed by atoms with Crippen molar-refractivity contribution in [2.45, 2.75) is 13.5 Å². The molecule has 2 aromatic rings. The molecule has 0 amide bonds. The summed E-state index contributed by atoms with van der Waals surface area (Å²) in [7, 11) is 0. The van der Waals surface area contributed by atoms with Gasteiger partial charge in [-0.3, -0.25) is 10.00 Å². The molecule has 2 heterocycles. The lowest BCUT2D eigenvalue weighted by atomic mass is 10.1. The summed E-state index contributed by atoms with van der Waals surface area (Å²) >= 11 is 0. The van der Waals surface area contributed by atoms with Gasteiger partial charge in [0.05, 0.1) is 6.54 Å². The topological polar surface area (TPSA) is 56.8 Å². The second-order valence-corrected chi connectivity index (χ2v) is 5.00. The van der Waals surface area contributed by atoms with Crippen LogP contribution in [-0.2, 0) is 6.54 Å². The third-order valence-corrected chi connectivity index (χ3v) is 3.42. The Kier molecular flexibility index (Phi) is 3.57. The van der Waals surface area contributed by atoms with Gasteiger partial charge in [-0.1, -0.05) is 29.8 Å². The highest BCUT2D eigenvalue weighted by Crippen LogP contribution is 2.15. The Labute approximate surface area is 113 Å². The smallest absolute Gasteiger partial charge is 0.181 e. The Balaban J connectivity index is 1.70. The molecule has 19 heavy (non-hydrogen) atoms. The average Bonchev–Trinajstić information content (AvgIpc) is 2.89. The molecule has 0 unspecified atom stereocenters. The van der Waals surface area contributed by atoms with E-state index in [1.165, 1.54) is 5.56 Å². The molecule has 100 valence electrons. The van der Waals surface area contributed by atoms with Crippen LogP contribution in [0, 0.1) is 6.92 Å². The van der Waals surface area contributed by atoms with Crippen LogP contribution in [0.25, 0.3) is 11.4 Å². The number of hydrogen-bond acceptors (Lipinski definition) is 4. The first-order valence-corrected chi connectivity index (χ1v) is 6.73. The highest BCUT2D eigenvalue weighted by molar-refractivity contribution is 5.54. The fourth-order valence-corrected chi connectivity index (χ4v) is 2.28. The van der Waals surface area contributed by atoms with Gasteiger partial charge >= 0.3 is 0 Å². The van der Waals surface area contributed by atoms with Crippen molar-refractivity contribution in [3.63, 3.8) is 0 Å². The number of aryl methyl sites for hydroxylation is 1. The van der Waals surface area contributed by atoms with E-state index in [-0.39, 0.29) is 0 Å². The summed E-state index contributed by atoms with van der Waals surface area (Å²) in [4.78, 5) is 6.96. The van der Waals surface area contributed by atoms with E-state index in [0.717, 1.165) is 49.9 Å². The summed E-state index contributed by atoms with van der Waals surface area (Å²) in [6, 6.07) is 8.30. The maximum absolute atomic E-state index is 4.58. The molecule has 1 aromatic heterocycles. The molecule has 0 saturated carbocycles. The molecule has 1 fully saturated rings. The molecule has 1 aliphatic heterocycles. The Hall–Kier alpha value is -1.72. The molecule has 5 heteroatoms. The number of benzene rings is 1. The third kappa shape index (κ3) is 3.00. The predicted molar refractivity (Wildman–Crippen MR) is 74.7 cm³/mol. The van der Waals surface area contributed by atoms with E-state index in [1.54, 1.807) is 0 Å². The van der Waals surface area contributed by atoms with E-state index in [9.17, 15) is 0 Å². The second kappa shape index (κ2) is 5.50. The van der Waals surface area contributed by atoms with Crippen molar-refractivity contribution in [2.24, 2.45) is 0 Å². The van der Waals surface area contributed by atoms with Crippen molar-refractivity contribution < 1.29 is 0 Å². The van der Waals surface area contributed by atoms with Crippen LogP contribution in [0.4, 0.5) is 0 Å². The molecule has 2 N–H and O–H groups in total. The molecule has 0 aliphatic carbocycles. The van der Waals surface area contributed by atoms with Crippen molar-refractivity contribution >= 4 is 0 Å². The Morgan fingerprint density at radius 2 is 1.89 bits per heavy atom. The normalized spacial score (nSPS) is 16.7. The fraction of sp³-hybridized carbons (Fsp3) is 0.429. The second-order valence-electron chi connectivity index (χ2n) is 5.00. The number of hydrogen-bond donors (Lipinski definition) is 2. The maximum atomic E-state index is 4.58. The lowest BCUT2D eigenvalue weighted by molar-refractivity contribution is 0.228. The van der Waals surface area contributed by atoms with Gasteiger partial charge in [-0.2, -0.15) is 5.10 Å². The molecule has 1 aliphatic rings. The van der Waals surface area contributed by atoms with E-state index in [0.29, 0.717) is 0 Å². The van der Waals surface area contributed by atoms with Crippen molar-refractivity contribution in [2.75, 3.05) is 26.2 Å². The zero-order chi connectivity index (χ0) is 13.1. The van der Waals surface area contributed by atoms with Gasteiger partial charge < -0.3 is 5.32 Å². The quantitative estimate of drug-likeness (QED) is 0.867. The zero-order valence-corrected chi connectivity index (χ0v) is 11.2. The Bertz CT molecular complexity index is 525. The van der Waals surface area contributed by atoms with Crippen LogP contribution in [0.3, 0.4) is 0 Å². The number of aromatic amines is 1. The van der Waals surface area contributed by atoms with Crippen LogP contribution in [0.1, 0.15) is 11.4 Å². The number of nitrogens with one attached hydrogen (secondary N) is 2. The zero-order valence-electron chi connectivity index (χ0n) is 11.2. The van der Waals surface area contributed by atoms with Gasteiger partial charge in [-0.25, -0.2) is 4.98 Å². The van der Waals surface area contributed by atoms with Crippen molar-refractivity contribution in [1.82, 2.24) is 25.4 Å². The Morgan fingerprint density at radius 3 is 2.63 bits per heavy atom. The molecular weight excluding hydrogens is 238 g/mol. The van der Waals surface area contributed by atoms with Gasteiger partial charge in [0, 0.05) is 31.7 Å². The Morgan fingerprint density at radius 1 is 1.16 bits per heavy atom. The fourth-order valence-electron chi connectivity index (χ4n) is 2.28. The monoisotopic (exact) mass is 257 g/mol. The van der Waals surface area contributed by atoms with Crippen molar-refractivity contribution in [3.8, 4) is 11.4 Å². The lowest BCUT2D eigenvalue weighted by Gasteiger charge is -2.25. The number of nitrogens with zero attached hydrogens (tertiary/aromatic N) is 3. The average molecular weight is 257 g/mol. The first kappa shape index (κ1) is 12.3. The molecule has 0 spiro atoms. The minimum Gasteiger partial charge on any atom is -0.314 e. The van der Waals surface area contributed by atoms with Crippen LogP contribution in [0.2, 0.25) is 0 Å². The van der Waals surface area contributed by atoms with Crippen LogP contribution in [0.15, 0.2) is 24.3 Å². The molecule has 1 aromatic carbocycles. The number of aromatic nitrogens is 3. The first-order valence-electron chi connectivity index (χ1n) is 6.73. The van der Waals surface area contributed by atoms with E-state index >= 15 is 0 Å². The van der Waals surface area contributed by atoms with Crippen LogP contribution >= 0.6 is 0 Å². The summed E-state index contributed by atoms with van der Waals surface area (Å²) in [5, 5.41) is 10.7. The molecule has 0 radical (unpaired) electrons. The SMILES string of the molecule is Cc1ccc(-c2n[nH]c(CN3CCNCC3)n2)cc1. The molecule has 0 bridgehead atoms. The number of rotatable bonds is 3. The van der Waals surface area contributed by atoms with Crippen LogP contribution in [0.5, 0.6) is 0 Å². The standard InChI is InChI=1S/C14H19N5/c1-11-2-4-12(5-3-11)14-16-13(17-18-14)10-19-8-6-15-7-9-19/h2-5,15H,6-10H2,1H3,(H,16,17,18). The first-order chi connectivity index (χ1) is 9.31. The number of H-pyrrole nitrogens is 1. The molecule has 0 atom stereocenters.